The van der Waals surface area contributed by atoms with Crippen LogP contribution in [-0.4, -0.2) is 53.5 Å². The smallest absolute Gasteiger partial charge is 0.355 e. The van der Waals surface area contributed by atoms with Gasteiger partial charge in [0.05, 0.1) is 3.58 Å². The third kappa shape index (κ3) is 9.96. The summed E-state index contributed by atoms with van der Waals surface area (Å²) < 4.78 is 0.595. The Morgan fingerprint density at radius 3 is 2.41 bits per heavy atom. The molecule has 0 bridgehead atoms. The summed E-state index contributed by atoms with van der Waals surface area (Å²) in [6, 6.07) is -1.10. The number of unbranched alkanes of at least 4 members (excludes halogenated alkanes) is 2. The van der Waals surface area contributed by atoms with Gasteiger partial charge in [0.1, 0.15) is 11.8 Å². The normalized spacial score (nSPS) is 16.4. The zero-order valence-electron chi connectivity index (χ0n) is 20.4. The summed E-state index contributed by atoms with van der Waals surface area (Å²) >= 11 is 2.02. The van der Waals surface area contributed by atoms with Crippen LogP contribution < -0.4 is 10.6 Å². The molecule has 3 N–H and O–H groups in total. The molecule has 0 aromatic rings. The van der Waals surface area contributed by atoms with Gasteiger partial charge in [-0.05, 0) is 86.5 Å². The van der Waals surface area contributed by atoms with Gasteiger partial charge in [0.25, 0.3) is 11.8 Å². The minimum atomic E-state index is -1.10. The van der Waals surface area contributed by atoms with Crippen molar-refractivity contribution < 1.29 is 29.1 Å². The van der Waals surface area contributed by atoms with E-state index in [1.54, 1.807) is 19.1 Å². The Bertz CT molecular complexity index is 834. The number of carbonyl (C=O) groups is 4. The van der Waals surface area contributed by atoms with Crippen LogP contribution in [0, 0.1) is 0 Å². The molecular weight excluding hydrogens is 553 g/mol. The van der Waals surface area contributed by atoms with Gasteiger partial charge in [0.2, 0.25) is 5.91 Å². The minimum absolute atomic E-state index is 0.0147. The lowest BCUT2D eigenvalue weighted by atomic mass is 10.0. The van der Waals surface area contributed by atoms with E-state index in [1.165, 1.54) is 0 Å². The number of rotatable bonds is 14. The quantitative estimate of drug-likeness (QED) is 0.0927. The molecule has 0 aliphatic carbocycles. The molecule has 1 fully saturated rings. The molecule has 1 aliphatic heterocycles. The predicted molar refractivity (Wildman–Crippen MR) is 138 cm³/mol. The van der Waals surface area contributed by atoms with Crippen molar-refractivity contribution >= 4 is 46.3 Å². The number of carbonyl (C=O) groups excluding carboxylic acids is 4. The first-order valence-electron chi connectivity index (χ1n) is 11.6. The topological polar surface area (TPSA) is 125 Å². The summed E-state index contributed by atoms with van der Waals surface area (Å²) in [6.45, 7) is 6.41. The van der Waals surface area contributed by atoms with Gasteiger partial charge in [0, 0.05) is 25.7 Å². The van der Waals surface area contributed by atoms with Crippen molar-refractivity contribution in [3.05, 3.63) is 32.6 Å². The van der Waals surface area contributed by atoms with Gasteiger partial charge in [-0.15, -0.1) is 5.06 Å². The van der Waals surface area contributed by atoms with Crippen LogP contribution in [0.15, 0.2) is 32.6 Å². The summed E-state index contributed by atoms with van der Waals surface area (Å²) in [5.74, 6) is -2.21. The maximum absolute atomic E-state index is 12.9. The van der Waals surface area contributed by atoms with Gasteiger partial charge >= 0.3 is 5.97 Å². The lowest BCUT2D eigenvalue weighted by Gasteiger charge is -2.21. The summed E-state index contributed by atoms with van der Waals surface area (Å²) in [5, 5.41) is 16.6. The minimum Gasteiger partial charge on any atom is -0.507 e. The van der Waals surface area contributed by atoms with E-state index in [0.717, 1.165) is 25.0 Å². The van der Waals surface area contributed by atoms with Crippen molar-refractivity contribution in [2.24, 2.45) is 0 Å². The number of amides is 3. The molecule has 1 saturated heterocycles. The first-order chi connectivity index (χ1) is 16.1. The van der Waals surface area contributed by atoms with Crippen molar-refractivity contribution in [3.8, 4) is 0 Å². The van der Waals surface area contributed by atoms with Gasteiger partial charge in [-0.2, -0.15) is 0 Å². The van der Waals surface area contributed by atoms with Gasteiger partial charge in [-0.25, -0.2) is 4.79 Å². The molecule has 0 aromatic carbocycles. The van der Waals surface area contributed by atoms with Crippen LogP contribution in [0.5, 0.6) is 0 Å². The van der Waals surface area contributed by atoms with Gasteiger partial charge in [-0.1, -0.05) is 19.4 Å². The molecule has 0 radical (unpaired) electrons. The van der Waals surface area contributed by atoms with Gasteiger partial charge in [0.15, 0.2) is 0 Å². The lowest BCUT2D eigenvalue weighted by molar-refractivity contribution is -0.199. The maximum Gasteiger partial charge on any atom is 0.355 e. The molecule has 1 heterocycles. The number of nitrogens with zero attached hydrogens (tertiary/aromatic N) is 1. The average molecular weight is 589 g/mol. The monoisotopic (exact) mass is 589 g/mol. The fraction of sp³-hybridized carbons (Fsp3) is 0.583. The molecule has 3 amide bonds. The van der Waals surface area contributed by atoms with E-state index in [4.69, 9.17) is 4.84 Å². The van der Waals surface area contributed by atoms with Gasteiger partial charge < -0.3 is 20.6 Å². The summed E-state index contributed by atoms with van der Waals surface area (Å²) in [5.41, 5.74) is 1.50. The standard InChI is InChI=1S/C24H36IN3O6/c1-5-16(3)23(32)18(25)14-17(6-2)15-19(27-20(29)10-8-7-9-13-26-4)24(33)34-28-21(30)11-12-22(28)31/h6,14,19,26,32H,5,7-13,15H2,1-4H3,(H,27,29)/b17-6+,18-14+,23-16+. The first kappa shape index (κ1) is 29.8. The van der Waals surface area contributed by atoms with Crippen molar-refractivity contribution in [1.29, 1.82) is 0 Å². The maximum atomic E-state index is 12.9. The summed E-state index contributed by atoms with van der Waals surface area (Å²) in [6.07, 6.45) is 6.94. The fourth-order valence-corrected chi connectivity index (χ4v) is 3.99. The van der Waals surface area contributed by atoms with Gasteiger partial charge in [-0.3, -0.25) is 14.4 Å². The second-order valence-electron chi connectivity index (χ2n) is 8.07. The highest BCUT2D eigenvalue weighted by molar-refractivity contribution is 14.1. The highest BCUT2D eigenvalue weighted by Crippen LogP contribution is 2.24. The molecule has 190 valence electrons. The zero-order chi connectivity index (χ0) is 25.7. The van der Waals surface area contributed by atoms with E-state index >= 15 is 0 Å². The van der Waals surface area contributed by atoms with Crippen LogP contribution >= 0.6 is 22.6 Å². The highest BCUT2D eigenvalue weighted by atomic mass is 127. The largest absolute Gasteiger partial charge is 0.507 e. The third-order valence-corrected chi connectivity index (χ3v) is 6.24. The molecular formula is C24H36IN3O6. The van der Waals surface area contributed by atoms with E-state index in [1.807, 2.05) is 43.5 Å². The first-order valence-corrected chi connectivity index (χ1v) is 12.6. The van der Waals surface area contributed by atoms with E-state index in [9.17, 15) is 24.3 Å². The Balaban J connectivity index is 2.98. The number of aliphatic hydroxyl groups excluding tert-OH is 1. The van der Waals surface area contributed by atoms with E-state index in [0.29, 0.717) is 27.1 Å². The number of allylic oxidation sites excluding steroid dienone is 4. The average Bonchev–Trinajstić information content (AvgIpc) is 3.13. The van der Waals surface area contributed by atoms with Crippen molar-refractivity contribution in [3.63, 3.8) is 0 Å². The predicted octanol–water partition coefficient (Wildman–Crippen LogP) is 3.76. The highest BCUT2D eigenvalue weighted by Gasteiger charge is 2.35. The fourth-order valence-electron chi connectivity index (χ4n) is 3.13. The van der Waals surface area contributed by atoms with Crippen LogP contribution in [-0.2, 0) is 24.0 Å². The van der Waals surface area contributed by atoms with E-state index in [2.05, 4.69) is 10.6 Å². The SMILES string of the molecule is C\C=C(/C=C(I)\C(O)=C(\C)CC)CC(NC(=O)CCCCCNC)C(=O)ON1C(=O)CCC1=O. The Labute approximate surface area is 215 Å². The molecule has 1 rings (SSSR count). The lowest BCUT2D eigenvalue weighted by Crippen LogP contribution is -2.45. The third-order valence-electron chi connectivity index (χ3n) is 5.42. The number of aliphatic hydroxyl groups is 1. The van der Waals surface area contributed by atoms with Crippen LogP contribution in [0.2, 0.25) is 0 Å². The number of hydroxylamine groups is 2. The number of imide groups is 1. The van der Waals surface area contributed by atoms with Crippen LogP contribution in [0.4, 0.5) is 0 Å². The van der Waals surface area contributed by atoms with Crippen molar-refractivity contribution in [1.82, 2.24) is 15.7 Å². The van der Waals surface area contributed by atoms with Crippen LogP contribution in [0.1, 0.15) is 72.1 Å². The second kappa shape index (κ2) is 15.6. The Morgan fingerprint density at radius 1 is 1.21 bits per heavy atom. The number of nitrogens with one attached hydrogen (secondary N) is 2. The molecule has 0 saturated carbocycles. The zero-order valence-corrected chi connectivity index (χ0v) is 22.6. The molecule has 1 atom stereocenters. The second-order valence-corrected chi connectivity index (χ2v) is 9.23. The molecule has 9 nitrogen and oxygen atoms in total. The molecule has 10 heteroatoms. The number of hydrogen-bond donors (Lipinski definition) is 3. The molecule has 34 heavy (non-hydrogen) atoms. The number of halogens is 1. The Hall–Kier alpha value is -2.21. The Morgan fingerprint density at radius 2 is 1.85 bits per heavy atom. The van der Waals surface area contributed by atoms with E-state index in [-0.39, 0.29) is 37.3 Å². The summed E-state index contributed by atoms with van der Waals surface area (Å²) in [4.78, 5) is 54.2. The molecule has 0 spiro atoms. The van der Waals surface area contributed by atoms with Crippen LogP contribution in [0.25, 0.3) is 0 Å². The Kier molecular flexibility index (Phi) is 13.7. The molecule has 1 aliphatic rings. The van der Waals surface area contributed by atoms with Crippen molar-refractivity contribution in [2.45, 2.75) is 78.2 Å². The number of hydrogen-bond acceptors (Lipinski definition) is 7. The summed E-state index contributed by atoms with van der Waals surface area (Å²) in [7, 11) is 1.87. The molecule has 0 aromatic heterocycles. The van der Waals surface area contributed by atoms with E-state index < -0.39 is 23.8 Å². The van der Waals surface area contributed by atoms with Crippen molar-refractivity contribution in [2.75, 3.05) is 13.6 Å². The molecule has 1 unspecified atom stereocenters. The van der Waals surface area contributed by atoms with Crippen LogP contribution in [0.3, 0.4) is 0 Å².